The minimum atomic E-state index is -0.360. The van der Waals surface area contributed by atoms with Crippen molar-refractivity contribution in [2.45, 2.75) is 31.3 Å². The number of nitrogens with two attached hydrogens (primary N) is 1. The molecule has 2 aromatic heterocycles. The maximum absolute atomic E-state index is 6.22. The van der Waals surface area contributed by atoms with Crippen molar-refractivity contribution in [1.29, 1.82) is 0 Å². The van der Waals surface area contributed by atoms with E-state index in [4.69, 9.17) is 10.3 Å². The maximum Gasteiger partial charge on any atom is 0.268 e. The second kappa shape index (κ2) is 5.81. The molecule has 0 saturated heterocycles. The summed E-state index contributed by atoms with van der Waals surface area (Å²) in [4.78, 5) is 7.68. The molecule has 3 rings (SSSR count). The van der Waals surface area contributed by atoms with Gasteiger partial charge in [0.05, 0.1) is 10.4 Å². The Morgan fingerprint density at radius 1 is 1.45 bits per heavy atom. The zero-order valence-corrected chi connectivity index (χ0v) is 13.3. The molecule has 2 N–H and O–H groups in total. The van der Waals surface area contributed by atoms with E-state index >= 15 is 0 Å². The fourth-order valence-electron chi connectivity index (χ4n) is 2.29. The van der Waals surface area contributed by atoms with Gasteiger partial charge in [-0.25, -0.2) is 0 Å². The molecule has 0 spiro atoms. The topological polar surface area (TPSA) is 68.2 Å². The van der Waals surface area contributed by atoms with E-state index in [1.807, 2.05) is 14.1 Å². The number of halogens is 1. The molecule has 0 amide bonds. The molecule has 5 nitrogen and oxygen atoms in total. The van der Waals surface area contributed by atoms with Crippen LogP contribution in [0.5, 0.6) is 0 Å². The predicted molar refractivity (Wildman–Crippen MR) is 82.0 cm³/mol. The van der Waals surface area contributed by atoms with Gasteiger partial charge in [-0.15, -0.1) is 23.7 Å². The van der Waals surface area contributed by atoms with Gasteiger partial charge in [-0.3, -0.25) is 0 Å². The average Bonchev–Trinajstić information content (AvgIpc) is 2.93. The minimum Gasteiger partial charge on any atom is -0.333 e. The van der Waals surface area contributed by atoms with Gasteiger partial charge in [-0.2, -0.15) is 4.98 Å². The zero-order valence-electron chi connectivity index (χ0n) is 11.6. The van der Waals surface area contributed by atoms with E-state index in [2.05, 4.69) is 26.5 Å². The number of aromatic nitrogens is 2. The molecular weight excluding hydrogens is 296 g/mol. The Morgan fingerprint density at radius 2 is 2.20 bits per heavy atom. The summed E-state index contributed by atoms with van der Waals surface area (Å²) in [6, 6.07) is 2.10. The first-order chi connectivity index (χ1) is 9.08. The van der Waals surface area contributed by atoms with Gasteiger partial charge in [0.2, 0.25) is 0 Å². The maximum atomic E-state index is 6.22. The van der Waals surface area contributed by atoms with Crippen molar-refractivity contribution in [2.24, 2.45) is 5.73 Å². The molecular formula is C13H19ClN4OS. The molecule has 0 bridgehead atoms. The highest BCUT2D eigenvalue weighted by atomic mass is 35.5. The van der Waals surface area contributed by atoms with Gasteiger partial charge in [-0.05, 0) is 50.4 Å². The molecule has 20 heavy (non-hydrogen) atoms. The number of hydrogen-bond acceptors (Lipinski definition) is 6. The third-order valence-corrected chi connectivity index (χ3v) is 4.49. The predicted octanol–water partition coefficient (Wildman–Crippen LogP) is 2.62. The lowest BCUT2D eigenvalue weighted by Crippen LogP contribution is -2.44. The molecule has 0 aliphatic heterocycles. The van der Waals surface area contributed by atoms with Crippen LogP contribution in [0.3, 0.4) is 0 Å². The van der Waals surface area contributed by atoms with Crippen LogP contribution in [0.4, 0.5) is 0 Å². The molecule has 7 heteroatoms. The molecule has 1 saturated carbocycles. The minimum absolute atomic E-state index is 0. The Hall–Kier alpha value is -0.950. The molecule has 110 valence electrons. The smallest absolute Gasteiger partial charge is 0.268 e. The average molecular weight is 315 g/mol. The van der Waals surface area contributed by atoms with Crippen LogP contribution in [0.15, 0.2) is 16.0 Å². The number of rotatable bonds is 4. The summed E-state index contributed by atoms with van der Waals surface area (Å²) in [5.41, 5.74) is 7.07. The number of hydrogen-bond donors (Lipinski definition) is 1. The molecule has 0 radical (unpaired) electrons. The summed E-state index contributed by atoms with van der Waals surface area (Å²) in [7, 11) is 4.09. The Bertz CT molecular complexity index is 576. The molecule has 0 aromatic carbocycles. The summed E-state index contributed by atoms with van der Waals surface area (Å²) >= 11 is 1.63. The van der Waals surface area contributed by atoms with Crippen molar-refractivity contribution < 1.29 is 4.52 Å². The fourth-order valence-corrected chi connectivity index (χ4v) is 3.12. The first kappa shape index (κ1) is 15.4. The highest BCUT2D eigenvalue weighted by Crippen LogP contribution is 2.38. The summed E-state index contributed by atoms with van der Waals surface area (Å²) in [5, 5.41) is 6.12. The van der Waals surface area contributed by atoms with Gasteiger partial charge < -0.3 is 15.2 Å². The summed E-state index contributed by atoms with van der Waals surface area (Å²) in [6.45, 7) is 0.865. The lowest BCUT2D eigenvalue weighted by Gasteiger charge is -2.34. The van der Waals surface area contributed by atoms with E-state index in [0.717, 1.165) is 30.7 Å². The summed E-state index contributed by atoms with van der Waals surface area (Å²) in [6.07, 6.45) is 3.03. The van der Waals surface area contributed by atoms with Gasteiger partial charge in [0.1, 0.15) is 0 Å². The van der Waals surface area contributed by atoms with Crippen LogP contribution in [0.2, 0.25) is 0 Å². The van der Waals surface area contributed by atoms with Gasteiger partial charge in [0.15, 0.2) is 5.82 Å². The highest BCUT2D eigenvalue weighted by molar-refractivity contribution is 7.13. The van der Waals surface area contributed by atoms with Crippen molar-refractivity contribution >= 4 is 23.7 Å². The van der Waals surface area contributed by atoms with E-state index in [9.17, 15) is 0 Å². The van der Waals surface area contributed by atoms with Crippen molar-refractivity contribution in [3.63, 3.8) is 0 Å². The molecule has 0 atom stereocenters. The monoisotopic (exact) mass is 314 g/mol. The lowest BCUT2D eigenvalue weighted by molar-refractivity contribution is 0.229. The van der Waals surface area contributed by atoms with E-state index in [-0.39, 0.29) is 17.9 Å². The van der Waals surface area contributed by atoms with E-state index < -0.39 is 0 Å². The normalized spacial score (nSPS) is 16.8. The quantitative estimate of drug-likeness (QED) is 0.939. The molecule has 2 heterocycles. The van der Waals surface area contributed by atoms with E-state index in [1.165, 1.54) is 5.56 Å². The van der Waals surface area contributed by atoms with Gasteiger partial charge in [-0.1, -0.05) is 5.16 Å². The molecule has 1 aliphatic rings. The lowest BCUT2D eigenvalue weighted by atomic mass is 9.77. The molecule has 2 aromatic rings. The first-order valence-electron chi connectivity index (χ1n) is 6.43. The highest BCUT2D eigenvalue weighted by Gasteiger charge is 2.39. The van der Waals surface area contributed by atoms with E-state index in [1.54, 1.807) is 11.3 Å². The molecule has 1 aliphatic carbocycles. The second-order valence-corrected chi connectivity index (χ2v) is 6.36. The van der Waals surface area contributed by atoms with Gasteiger partial charge in [0.25, 0.3) is 5.89 Å². The van der Waals surface area contributed by atoms with E-state index in [0.29, 0.717) is 11.7 Å². The number of thiophene rings is 1. The van der Waals surface area contributed by atoms with Crippen LogP contribution in [-0.2, 0) is 12.1 Å². The van der Waals surface area contributed by atoms with Crippen LogP contribution >= 0.6 is 23.7 Å². The number of nitrogens with zero attached hydrogens (tertiary/aromatic N) is 3. The third-order valence-electron chi connectivity index (χ3n) is 3.54. The third kappa shape index (κ3) is 2.74. The van der Waals surface area contributed by atoms with Crippen molar-refractivity contribution in [2.75, 3.05) is 14.1 Å². The Morgan fingerprint density at radius 3 is 2.80 bits per heavy atom. The standard InChI is InChI=1S/C13H18N4OS.ClH/c1-17(2)8-9-4-7-19-10(9)11-15-12(16-18-11)13(14)5-3-6-13;/h4,7H,3,5-6,8,14H2,1-2H3;1H. The van der Waals surface area contributed by atoms with Crippen LogP contribution < -0.4 is 5.73 Å². The van der Waals surface area contributed by atoms with Crippen molar-refractivity contribution in [3.8, 4) is 10.8 Å². The first-order valence-corrected chi connectivity index (χ1v) is 7.31. The van der Waals surface area contributed by atoms with Crippen LogP contribution in [0.1, 0.15) is 30.7 Å². The Kier molecular flexibility index (Phi) is 4.49. The van der Waals surface area contributed by atoms with Crippen molar-refractivity contribution in [3.05, 3.63) is 22.8 Å². The summed E-state index contributed by atoms with van der Waals surface area (Å²) in [5.74, 6) is 1.25. The fraction of sp³-hybridized carbons (Fsp3) is 0.538. The SMILES string of the molecule is CN(C)Cc1ccsc1-c1nc(C2(N)CCC2)no1.Cl. The molecule has 1 fully saturated rings. The van der Waals surface area contributed by atoms with Gasteiger partial charge in [0, 0.05) is 6.54 Å². The molecule has 0 unspecified atom stereocenters. The Balaban J connectivity index is 0.00000147. The van der Waals surface area contributed by atoms with Crippen molar-refractivity contribution in [1.82, 2.24) is 15.0 Å². The second-order valence-electron chi connectivity index (χ2n) is 5.45. The largest absolute Gasteiger partial charge is 0.333 e. The van der Waals surface area contributed by atoms with Crippen LogP contribution in [-0.4, -0.2) is 29.1 Å². The van der Waals surface area contributed by atoms with Crippen LogP contribution in [0, 0.1) is 0 Å². The summed E-state index contributed by atoms with van der Waals surface area (Å²) < 4.78 is 5.40. The zero-order chi connectivity index (χ0) is 13.5. The van der Waals surface area contributed by atoms with Crippen LogP contribution in [0.25, 0.3) is 10.8 Å². The Labute approximate surface area is 128 Å². The van der Waals surface area contributed by atoms with Gasteiger partial charge >= 0.3 is 0 Å².